The number of amides is 1. The third-order valence-electron chi connectivity index (χ3n) is 4.07. The summed E-state index contributed by atoms with van der Waals surface area (Å²) in [6.45, 7) is 0.0122. The van der Waals surface area contributed by atoms with E-state index in [4.69, 9.17) is 18.9 Å². The summed E-state index contributed by atoms with van der Waals surface area (Å²) >= 11 is 0. The van der Waals surface area contributed by atoms with E-state index in [1.54, 1.807) is 12.1 Å². The molecule has 0 heterocycles. The zero-order valence-corrected chi connectivity index (χ0v) is 16.3. The highest BCUT2D eigenvalue weighted by atomic mass is 16.6. The van der Waals surface area contributed by atoms with Gasteiger partial charge in [-0.15, -0.1) is 0 Å². The van der Waals surface area contributed by atoms with Crippen molar-refractivity contribution in [1.29, 1.82) is 0 Å². The Morgan fingerprint density at radius 3 is 2.10 bits per heavy atom. The second-order valence-corrected chi connectivity index (χ2v) is 5.69. The van der Waals surface area contributed by atoms with E-state index in [2.05, 4.69) is 5.32 Å². The molecule has 2 aromatic carbocycles. The van der Waals surface area contributed by atoms with Crippen molar-refractivity contribution >= 4 is 17.6 Å². The molecule has 0 fully saturated rings. The van der Waals surface area contributed by atoms with Crippen molar-refractivity contribution in [3.63, 3.8) is 0 Å². The van der Waals surface area contributed by atoms with Crippen molar-refractivity contribution in [2.75, 3.05) is 28.4 Å². The molecule has 0 aliphatic heterocycles. The highest BCUT2D eigenvalue weighted by Crippen LogP contribution is 2.34. The fourth-order valence-electron chi connectivity index (χ4n) is 2.61. The van der Waals surface area contributed by atoms with E-state index >= 15 is 0 Å². The molecule has 0 aromatic heterocycles. The summed E-state index contributed by atoms with van der Waals surface area (Å²) < 4.78 is 20.0. The molecular weight excluding hydrogens is 384 g/mol. The quantitative estimate of drug-likeness (QED) is 0.404. The number of ether oxygens (including phenoxy) is 4. The third-order valence-corrected chi connectivity index (χ3v) is 4.07. The Kier molecular flexibility index (Phi) is 6.96. The predicted octanol–water partition coefficient (Wildman–Crippen LogP) is 2.34. The summed E-state index contributed by atoms with van der Waals surface area (Å²) in [5.41, 5.74) is 0.154. The topological polar surface area (TPSA) is 126 Å². The number of nitro groups is 1. The van der Waals surface area contributed by atoms with Crippen LogP contribution in [0.1, 0.15) is 26.3 Å². The van der Waals surface area contributed by atoms with Crippen molar-refractivity contribution in [2.45, 2.75) is 6.54 Å². The highest BCUT2D eigenvalue weighted by molar-refractivity contribution is 5.99. The van der Waals surface area contributed by atoms with Crippen molar-refractivity contribution in [2.24, 2.45) is 0 Å². The van der Waals surface area contributed by atoms with Crippen molar-refractivity contribution < 1.29 is 33.5 Å². The number of esters is 1. The van der Waals surface area contributed by atoms with Gasteiger partial charge >= 0.3 is 5.97 Å². The Hall–Kier alpha value is -3.82. The third kappa shape index (κ3) is 4.72. The lowest BCUT2D eigenvalue weighted by atomic mass is 10.1. The largest absolute Gasteiger partial charge is 0.496 e. The number of carbonyl (C=O) groups excluding carboxylic acids is 2. The first-order chi connectivity index (χ1) is 13.9. The lowest BCUT2D eigenvalue weighted by Gasteiger charge is -2.12. The van der Waals surface area contributed by atoms with E-state index in [1.165, 1.54) is 40.6 Å². The number of hydrogen-bond acceptors (Lipinski definition) is 8. The first kappa shape index (κ1) is 21.5. The minimum absolute atomic E-state index is 0.0122. The molecule has 154 valence electrons. The summed E-state index contributed by atoms with van der Waals surface area (Å²) in [4.78, 5) is 35.1. The fraction of sp³-hybridized carbons (Fsp3) is 0.263. The van der Waals surface area contributed by atoms with Gasteiger partial charge in [0, 0.05) is 12.6 Å². The van der Waals surface area contributed by atoms with Gasteiger partial charge in [0.15, 0.2) is 11.5 Å². The van der Waals surface area contributed by atoms with Gasteiger partial charge in [0.25, 0.3) is 11.6 Å². The zero-order valence-electron chi connectivity index (χ0n) is 16.3. The molecular formula is C19H20N2O8. The average Bonchev–Trinajstić information content (AvgIpc) is 2.75. The molecule has 1 amide bonds. The van der Waals surface area contributed by atoms with Gasteiger partial charge in [-0.1, -0.05) is 6.07 Å². The molecule has 2 rings (SSSR count). The van der Waals surface area contributed by atoms with E-state index in [0.717, 1.165) is 6.07 Å². The summed E-state index contributed by atoms with van der Waals surface area (Å²) in [6.07, 6.45) is 0. The SMILES string of the molecule is COC(=O)c1cc(CNC(=O)c2cc(OC)c(OC)cc2[N+](=O)[O-])ccc1OC. The van der Waals surface area contributed by atoms with Crippen LogP contribution in [0.25, 0.3) is 0 Å². The van der Waals surface area contributed by atoms with Gasteiger partial charge in [0.2, 0.25) is 0 Å². The Morgan fingerprint density at radius 1 is 0.931 bits per heavy atom. The number of methoxy groups -OCH3 is 4. The minimum Gasteiger partial charge on any atom is -0.496 e. The van der Waals surface area contributed by atoms with E-state index in [9.17, 15) is 19.7 Å². The van der Waals surface area contributed by atoms with Crippen molar-refractivity contribution in [3.8, 4) is 17.2 Å². The smallest absolute Gasteiger partial charge is 0.341 e. The Balaban J connectivity index is 2.29. The van der Waals surface area contributed by atoms with Crippen molar-refractivity contribution in [1.82, 2.24) is 5.32 Å². The highest BCUT2D eigenvalue weighted by Gasteiger charge is 2.24. The monoisotopic (exact) mass is 404 g/mol. The van der Waals surface area contributed by atoms with Crippen LogP contribution in [0.3, 0.4) is 0 Å². The van der Waals surface area contributed by atoms with E-state index in [-0.39, 0.29) is 29.2 Å². The van der Waals surface area contributed by atoms with Gasteiger partial charge < -0.3 is 24.3 Å². The molecule has 0 spiro atoms. The molecule has 29 heavy (non-hydrogen) atoms. The maximum Gasteiger partial charge on any atom is 0.341 e. The summed E-state index contributed by atoms with van der Waals surface area (Å²) in [5.74, 6) is -0.643. The van der Waals surface area contributed by atoms with E-state index < -0.39 is 22.5 Å². The summed E-state index contributed by atoms with van der Waals surface area (Å²) in [5, 5.41) is 13.9. The molecule has 10 nitrogen and oxygen atoms in total. The van der Waals surface area contributed by atoms with Crippen LogP contribution < -0.4 is 19.5 Å². The van der Waals surface area contributed by atoms with Crippen LogP contribution in [0.4, 0.5) is 5.69 Å². The molecule has 0 saturated carbocycles. The van der Waals surface area contributed by atoms with Gasteiger partial charge in [-0.25, -0.2) is 4.79 Å². The lowest BCUT2D eigenvalue weighted by Crippen LogP contribution is -2.24. The second kappa shape index (κ2) is 9.40. The molecule has 0 saturated heterocycles. The van der Waals surface area contributed by atoms with E-state index in [0.29, 0.717) is 11.3 Å². The molecule has 2 aromatic rings. The van der Waals surface area contributed by atoms with Gasteiger partial charge in [0.1, 0.15) is 16.9 Å². The molecule has 10 heteroatoms. The molecule has 0 bridgehead atoms. The first-order valence-corrected chi connectivity index (χ1v) is 8.30. The Bertz CT molecular complexity index is 942. The van der Waals surface area contributed by atoms with Gasteiger partial charge in [-0.3, -0.25) is 14.9 Å². The first-order valence-electron chi connectivity index (χ1n) is 8.30. The molecule has 0 atom stereocenters. The maximum absolute atomic E-state index is 12.6. The van der Waals surface area contributed by atoms with E-state index in [1.807, 2.05) is 0 Å². The molecule has 0 aliphatic rings. The van der Waals surface area contributed by atoms with Crippen LogP contribution in [0.5, 0.6) is 17.2 Å². The Morgan fingerprint density at radius 2 is 1.55 bits per heavy atom. The molecule has 0 aliphatic carbocycles. The summed E-state index contributed by atoms with van der Waals surface area (Å²) in [7, 11) is 5.35. The summed E-state index contributed by atoms with van der Waals surface area (Å²) in [6, 6.07) is 7.08. The average molecular weight is 404 g/mol. The second-order valence-electron chi connectivity index (χ2n) is 5.69. The van der Waals surface area contributed by atoms with Crippen molar-refractivity contribution in [3.05, 3.63) is 57.1 Å². The number of carbonyl (C=O) groups is 2. The lowest BCUT2D eigenvalue weighted by molar-refractivity contribution is -0.385. The number of nitrogens with one attached hydrogen (secondary N) is 1. The standard InChI is InChI=1S/C19H20N2O8/c1-26-15-6-5-11(7-13(15)19(23)29-4)10-20-18(22)12-8-16(27-2)17(28-3)9-14(12)21(24)25/h5-9H,10H2,1-4H3,(H,20,22). The number of rotatable bonds is 8. The predicted molar refractivity (Wildman–Crippen MR) is 102 cm³/mol. The number of benzene rings is 2. The number of nitro benzene ring substituents is 1. The molecule has 1 N–H and O–H groups in total. The fourth-order valence-corrected chi connectivity index (χ4v) is 2.61. The van der Waals surface area contributed by atoms with Crippen LogP contribution in [-0.2, 0) is 11.3 Å². The van der Waals surface area contributed by atoms with Crippen LogP contribution in [0, 0.1) is 10.1 Å². The van der Waals surface area contributed by atoms with Crippen LogP contribution in [0.15, 0.2) is 30.3 Å². The van der Waals surface area contributed by atoms with Crippen LogP contribution in [0.2, 0.25) is 0 Å². The normalized spacial score (nSPS) is 10.1. The van der Waals surface area contributed by atoms with Crippen LogP contribution >= 0.6 is 0 Å². The molecule has 0 unspecified atom stereocenters. The maximum atomic E-state index is 12.6. The van der Waals surface area contributed by atoms with Crippen LogP contribution in [-0.4, -0.2) is 45.2 Å². The van der Waals surface area contributed by atoms with Gasteiger partial charge in [-0.05, 0) is 17.7 Å². The number of hydrogen-bond donors (Lipinski definition) is 1. The number of nitrogens with zero attached hydrogens (tertiary/aromatic N) is 1. The van der Waals surface area contributed by atoms with Gasteiger partial charge in [-0.2, -0.15) is 0 Å². The Labute approximate surface area is 166 Å². The zero-order chi connectivity index (χ0) is 21.6. The van der Waals surface area contributed by atoms with Gasteiger partial charge in [0.05, 0.1) is 39.4 Å². The minimum atomic E-state index is -0.687. The molecule has 0 radical (unpaired) electrons.